The van der Waals surface area contributed by atoms with E-state index in [0.29, 0.717) is 6.54 Å². The fourth-order valence-electron chi connectivity index (χ4n) is 3.24. The van der Waals surface area contributed by atoms with Gasteiger partial charge in [-0.3, -0.25) is 9.69 Å². The Morgan fingerprint density at radius 1 is 1.19 bits per heavy atom. The molecule has 160 valence electrons. The fraction of sp³-hybridized carbons (Fsp3) is 0.208. The van der Waals surface area contributed by atoms with E-state index in [2.05, 4.69) is 24.0 Å². The first-order valence-electron chi connectivity index (χ1n) is 10.1. The lowest BCUT2D eigenvalue weighted by molar-refractivity contribution is -0.114. The highest BCUT2D eigenvalue weighted by atomic mass is 35.5. The number of nitrogens with zero attached hydrogens (tertiary/aromatic N) is 4. The van der Waals surface area contributed by atoms with Crippen molar-refractivity contribution < 1.29 is 4.79 Å². The van der Waals surface area contributed by atoms with Gasteiger partial charge in [-0.25, -0.2) is 9.97 Å². The normalized spacial score (nSPS) is 11.0. The first kappa shape index (κ1) is 22.7. The third-order valence-electron chi connectivity index (χ3n) is 4.92. The van der Waals surface area contributed by atoms with Crippen molar-refractivity contribution in [1.82, 2.24) is 14.5 Å². The zero-order valence-corrected chi connectivity index (χ0v) is 19.0. The van der Waals surface area contributed by atoms with Crippen LogP contribution in [0.3, 0.4) is 0 Å². The summed E-state index contributed by atoms with van der Waals surface area (Å²) in [5, 5.41) is 0.742. The molecule has 2 heterocycles. The van der Waals surface area contributed by atoms with Gasteiger partial charge in [0, 0.05) is 31.6 Å². The van der Waals surface area contributed by atoms with Crippen LogP contribution in [0.1, 0.15) is 24.5 Å². The maximum Gasteiger partial charge on any atom is 0.252 e. The quantitative estimate of drug-likeness (QED) is 0.326. The number of hydrogen-bond acceptors (Lipinski definition) is 4. The number of hydrogen-bond donors (Lipinski definition) is 0. The van der Waals surface area contributed by atoms with Gasteiger partial charge in [-0.1, -0.05) is 54.7 Å². The van der Waals surface area contributed by atoms with Crippen LogP contribution in [-0.2, 0) is 17.8 Å². The van der Waals surface area contributed by atoms with Crippen molar-refractivity contribution in [3.05, 3.63) is 84.5 Å². The minimum absolute atomic E-state index is 0. The lowest BCUT2D eigenvalue weighted by Crippen LogP contribution is -2.30. The molecule has 4 aromatic rings. The number of anilines is 1. The number of thiazole rings is 1. The second-order valence-corrected chi connectivity index (χ2v) is 8.05. The first-order valence-corrected chi connectivity index (χ1v) is 10.9. The molecule has 31 heavy (non-hydrogen) atoms. The van der Waals surface area contributed by atoms with Crippen LogP contribution in [0.2, 0.25) is 0 Å². The molecule has 0 saturated heterocycles. The molecular weight excluding hydrogens is 428 g/mol. The van der Waals surface area contributed by atoms with Crippen molar-refractivity contribution in [1.29, 1.82) is 0 Å². The summed E-state index contributed by atoms with van der Waals surface area (Å²) in [6.45, 7) is 3.54. The zero-order valence-electron chi connectivity index (χ0n) is 17.3. The number of benzene rings is 2. The maximum absolute atomic E-state index is 13.1. The molecule has 0 atom stereocenters. The molecule has 0 radical (unpaired) electrons. The van der Waals surface area contributed by atoms with Crippen LogP contribution in [0.25, 0.3) is 16.3 Å². The number of aryl methyl sites for hydroxylation is 2. The van der Waals surface area contributed by atoms with Crippen molar-refractivity contribution in [2.45, 2.75) is 26.3 Å². The summed E-state index contributed by atoms with van der Waals surface area (Å²) in [7, 11) is 0. The minimum atomic E-state index is -0.0562. The van der Waals surface area contributed by atoms with Crippen LogP contribution in [0.4, 0.5) is 5.13 Å². The zero-order chi connectivity index (χ0) is 20.8. The summed E-state index contributed by atoms with van der Waals surface area (Å²) in [5.74, 6) is -0.0562. The third-order valence-corrected chi connectivity index (χ3v) is 5.96. The van der Waals surface area contributed by atoms with E-state index in [9.17, 15) is 4.79 Å². The molecule has 0 fully saturated rings. The van der Waals surface area contributed by atoms with Crippen LogP contribution < -0.4 is 4.90 Å². The Balaban J connectivity index is 0.00000272. The van der Waals surface area contributed by atoms with E-state index in [1.165, 1.54) is 5.56 Å². The summed E-state index contributed by atoms with van der Waals surface area (Å²) >= 11 is 1.57. The molecule has 0 aliphatic carbocycles. The number of imidazole rings is 1. The molecule has 2 aromatic carbocycles. The molecule has 0 saturated carbocycles. The van der Waals surface area contributed by atoms with Gasteiger partial charge in [0.25, 0.3) is 5.91 Å². The number of amides is 1. The summed E-state index contributed by atoms with van der Waals surface area (Å²) in [5.41, 5.74) is 3.22. The number of fused-ring (bicyclic) bond motifs is 1. The van der Waals surface area contributed by atoms with Crippen LogP contribution in [0, 0.1) is 0 Å². The van der Waals surface area contributed by atoms with Gasteiger partial charge >= 0.3 is 0 Å². The second kappa shape index (κ2) is 10.9. The average Bonchev–Trinajstić information content (AvgIpc) is 3.44. The minimum Gasteiger partial charge on any atom is -0.337 e. The summed E-state index contributed by atoms with van der Waals surface area (Å²) in [6, 6.07) is 16.2. The predicted octanol–water partition coefficient (Wildman–Crippen LogP) is 5.61. The number of carbonyl (C=O) groups excluding carboxylic acids is 1. The average molecular weight is 453 g/mol. The molecule has 0 unspecified atom stereocenters. The molecule has 4 rings (SSSR count). The Kier molecular flexibility index (Phi) is 7.98. The van der Waals surface area contributed by atoms with E-state index in [1.807, 2.05) is 53.2 Å². The van der Waals surface area contributed by atoms with Crippen molar-refractivity contribution in [2.75, 3.05) is 11.4 Å². The fourth-order valence-corrected chi connectivity index (χ4v) is 4.31. The Bertz CT molecular complexity index is 1140. The van der Waals surface area contributed by atoms with Crippen LogP contribution in [-0.4, -0.2) is 27.0 Å². The SMILES string of the molecule is CCc1ccc2nc(N(CCCn3ccnc3)C(=O)/C=C/c3ccccc3)sc2c1.Cl. The second-order valence-electron chi connectivity index (χ2n) is 7.04. The number of carbonyl (C=O) groups is 1. The predicted molar refractivity (Wildman–Crippen MR) is 131 cm³/mol. The number of rotatable bonds is 8. The summed E-state index contributed by atoms with van der Waals surface area (Å²) in [4.78, 5) is 23.7. The molecule has 0 aliphatic heterocycles. The number of halogens is 1. The molecule has 1 amide bonds. The van der Waals surface area contributed by atoms with Crippen LogP contribution in [0.5, 0.6) is 0 Å². The standard InChI is InChI=1S/C24H24N4OS.ClH/c1-2-19-9-11-21-22(17-19)30-24(26-21)28(15-6-14-27-16-13-25-18-27)23(29)12-10-20-7-4-3-5-8-20;/h3-5,7-13,16-18H,2,6,14-15H2,1H3;1H/b12-10+;. The summed E-state index contributed by atoms with van der Waals surface area (Å²) in [6.07, 6.45) is 10.8. The van der Waals surface area contributed by atoms with Crippen molar-refractivity contribution in [3.63, 3.8) is 0 Å². The van der Waals surface area contributed by atoms with Gasteiger partial charge in [-0.2, -0.15) is 0 Å². The van der Waals surface area contributed by atoms with E-state index in [1.54, 1.807) is 34.8 Å². The Morgan fingerprint density at radius 2 is 2.03 bits per heavy atom. The smallest absolute Gasteiger partial charge is 0.252 e. The van der Waals surface area contributed by atoms with Gasteiger partial charge in [0.2, 0.25) is 0 Å². The van der Waals surface area contributed by atoms with Gasteiger partial charge in [-0.15, -0.1) is 12.4 Å². The monoisotopic (exact) mass is 452 g/mol. The van der Waals surface area contributed by atoms with Gasteiger partial charge in [0.15, 0.2) is 5.13 Å². The van der Waals surface area contributed by atoms with E-state index in [4.69, 9.17) is 4.98 Å². The van der Waals surface area contributed by atoms with Crippen LogP contribution >= 0.6 is 23.7 Å². The van der Waals surface area contributed by atoms with Gasteiger partial charge < -0.3 is 4.57 Å². The van der Waals surface area contributed by atoms with Gasteiger partial charge in [0.1, 0.15) is 0 Å². The Morgan fingerprint density at radius 3 is 2.77 bits per heavy atom. The van der Waals surface area contributed by atoms with E-state index in [-0.39, 0.29) is 18.3 Å². The number of aromatic nitrogens is 3. The molecular formula is C24H25ClN4OS. The Hall–Kier alpha value is -2.96. The van der Waals surface area contributed by atoms with E-state index < -0.39 is 0 Å². The first-order chi connectivity index (χ1) is 14.7. The highest BCUT2D eigenvalue weighted by Gasteiger charge is 2.18. The van der Waals surface area contributed by atoms with Crippen molar-refractivity contribution >= 4 is 51.1 Å². The molecule has 7 heteroatoms. The third kappa shape index (κ3) is 5.81. The van der Waals surface area contributed by atoms with Crippen LogP contribution in [0.15, 0.2) is 73.3 Å². The lowest BCUT2D eigenvalue weighted by Gasteiger charge is -2.18. The molecule has 0 aliphatic rings. The maximum atomic E-state index is 13.1. The van der Waals surface area contributed by atoms with Gasteiger partial charge in [0.05, 0.1) is 16.5 Å². The van der Waals surface area contributed by atoms with Crippen molar-refractivity contribution in [2.24, 2.45) is 0 Å². The van der Waals surface area contributed by atoms with Gasteiger partial charge in [-0.05, 0) is 42.2 Å². The summed E-state index contributed by atoms with van der Waals surface area (Å²) < 4.78 is 3.14. The highest BCUT2D eigenvalue weighted by Crippen LogP contribution is 2.30. The topological polar surface area (TPSA) is 51.0 Å². The van der Waals surface area contributed by atoms with Crippen molar-refractivity contribution in [3.8, 4) is 0 Å². The highest BCUT2D eigenvalue weighted by molar-refractivity contribution is 7.22. The molecule has 0 bridgehead atoms. The molecule has 5 nitrogen and oxygen atoms in total. The molecule has 0 spiro atoms. The van der Waals surface area contributed by atoms with E-state index >= 15 is 0 Å². The van der Waals surface area contributed by atoms with E-state index in [0.717, 1.165) is 40.3 Å². The largest absolute Gasteiger partial charge is 0.337 e. The molecule has 0 N–H and O–H groups in total. The molecule has 2 aromatic heterocycles. The lowest BCUT2D eigenvalue weighted by atomic mass is 10.2. The Labute approximate surface area is 192 Å².